The number of aromatic nitrogens is 3. The van der Waals surface area contributed by atoms with Crippen LogP contribution in [0.2, 0.25) is 0 Å². The Morgan fingerprint density at radius 2 is 1.84 bits per heavy atom. The third-order valence-electron chi connectivity index (χ3n) is 4.52. The number of hydrogen-bond donors (Lipinski definition) is 0. The molecule has 0 aromatic carbocycles. The largest absolute Gasteiger partial charge is 0.356 e. The molecule has 0 bridgehead atoms. The normalized spacial score (nSPS) is 14.5. The Morgan fingerprint density at radius 1 is 1.08 bits per heavy atom. The highest BCUT2D eigenvalue weighted by molar-refractivity contribution is 5.94. The quantitative estimate of drug-likeness (QED) is 0.825. The van der Waals surface area contributed by atoms with Crippen LogP contribution < -0.4 is 9.80 Å². The summed E-state index contributed by atoms with van der Waals surface area (Å²) in [5.41, 5.74) is 0.638. The third-order valence-corrected chi connectivity index (χ3v) is 4.52. The lowest BCUT2D eigenvalue weighted by atomic mass is 10.2. The highest BCUT2D eigenvalue weighted by Crippen LogP contribution is 2.17. The van der Waals surface area contributed by atoms with Crippen molar-refractivity contribution in [3.8, 4) is 0 Å². The van der Waals surface area contributed by atoms with Crippen LogP contribution in [0.4, 0.5) is 11.6 Å². The molecule has 0 radical (unpaired) electrons. The number of hydrogen-bond acceptors (Lipinski definition) is 6. The topological polar surface area (TPSA) is 65.5 Å². The molecule has 1 amide bonds. The Balaban J connectivity index is 1.60. The molecule has 1 fully saturated rings. The summed E-state index contributed by atoms with van der Waals surface area (Å²) in [5.74, 6) is 1.80. The Labute approximate surface area is 148 Å². The van der Waals surface area contributed by atoms with Crippen LogP contribution in [0.25, 0.3) is 0 Å². The number of carbonyl (C=O) groups is 1. The minimum absolute atomic E-state index is 0.0377. The Hall–Kier alpha value is -2.70. The van der Waals surface area contributed by atoms with Crippen LogP contribution in [-0.4, -0.2) is 65.3 Å². The fourth-order valence-electron chi connectivity index (χ4n) is 3.01. The van der Waals surface area contributed by atoms with Gasteiger partial charge < -0.3 is 14.7 Å². The van der Waals surface area contributed by atoms with Gasteiger partial charge >= 0.3 is 0 Å². The molecule has 1 aliphatic rings. The molecule has 1 saturated heterocycles. The summed E-state index contributed by atoms with van der Waals surface area (Å²) in [7, 11) is 0. The summed E-state index contributed by atoms with van der Waals surface area (Å²) in [5, 5.41) is 8.71. The van der Waals surface area contributed by atoms with E-state index in [1.54, 1.807) is 24.5 Å². The lowest BCUT2D eigenvalue weighted by Crippen LogP contribution is -2.49. The fraction of sp³-hybridized carbons (Fsp3) is 0.444. The van der Waals surface area contributed by atoms with Crippen LogP contribution in [0.1, 0.15) is 24.2 Å². The zero-order valence-corrected chi connectivity index (χ0v) is 14.8. The van der Waals surface area contributed by atoms with E-state index in [2.05, 4.69) is 38.8 Å². The average molecular weight is 340 g/mol. The van der Waals surface area contributed by atoms with Crippen LogP contribution in [0.5, 0.6) is 0 Å². The van der Waals surface area contributed by atoms with E-state index in [0.717, 1.165) is 37.8 Å². The van der Waals surface area contributed by atoms with E-state index < -0.39 is 0 Å². The van der Waals surface area contributed by atoms with Crippen LogP contribution in [-0.2, 0) is 0 Å². The molecule has 0 saturated carbocycles. The van der Waals surface area contributed by atoms with Crippen molar-refractivity contribution in [2.75, 3.05) is 49.1 Å². The van der Waals surface area contributed by atoms with Crippen LogP contribution in [0, 0.1) is 0 Å². The summed E-state index contributed by atoms with van der Waals surface area (Å²) in [6.07, 6.45) is 3.29. The number of pyridine rings is 1. The first-order chi connectivity index (χ1) is 12.2. The fourth-order valence-corrected chi connectivity index (χ4v) is 3.01. The number of nitrogens with zero attached hydrogens (tertiary/aromatic N) is 6. The molecule has 132 valence electrons. The molecular weight excluding hydrogens is 316 g/mol. The van der Waals surface area contributed by atoms with Gasteiger partial charge in [-0.1, -0.05) is 0 Å². The van der Waals surface area contributed by atoms with E-state index in [4.69, 9.17) is 0 Å². The molecule has 3 heterocycles. The van der Waals surface area contributed by atoms with Gasteiger partial charge in [0, 0.05) is 51.7 Å². The average Bonchev–Trinajstić information content (AvgIpc) is 2.70. The maximum atomic E-state index is 12.5. The van der Waals surface area contributed by atoms with Crippen molar-refractivity contribution >= 4 is 17.5 Å². The van der Waals surface area contributed by atoms with Crippen molar-refractivity contribution in [1.29, 1.82) is 0 Å². The maximum Gasteiger partial charge on any atom is 0.255 e. The Kier molecular flexibility index (Phi) is 5.42. The third kappa shape index (κ3) is 3.87. The van der Waals surface area contributed by atoms with E-state index in [1.807, 2.05) is 17.0 Å². The van der Waals surface area contributed by atoms with Gasteiger partial charge in [0.25, 0.3) is 5.91 Å². The second-order valence-electron chi connectivity index (χ2n) is 5.94. The van der Waals surface area contributed by atoms with Crippen molar-refractivity contribution in [3.63, 3.8) is 0 Å². The minimum Gasteiger partial charge on any atom is -0.356 e. The van der Waals surface area contributed by atoms with Gasteiger partial charge in [0.15, 0.2) is 11.6 Å². The minimum atomic E-state index is 0.0377. The first-order valence-corrected chi connectivity index (χ1v) is 8.75. The number of rotatable bonds is 5. The van der Waals surface area contributed by atoms with Gasteiger partial charge in [0.2, 0.25) is 0 Å². The molecule has 25 heavy (non-hydrogen) atoms. The molecule has 0 spiro atoms. The first kappa shape index (κ1) is 17.1. The molecule has 0 unspecified atom stereocenters. The lowest BCUT2D eigenvalue weighted by Gasteiger charge is -2.35. The summed E-state index contributed by atoms with van der Waals surface area (Å²) >= 11 is 0. The zero-order chi connectivity index (χ0) is 17.6. The van der Waals surface area contributed by atoms with Crippen molar-refractivity contribution < 1.29 is 4.79 Å². The lowest BCUT2D eigenvalue weighted by molar-refractivity contribution is 0.0746. The van der Waals surface area contributed by atoms with E-state index >= 15 is 0 Å². The van der Waals surface area contributed by atoms with Crippen LogP contribution in [0.3, 0.4) is 0 Å². The highest BCUT2D eigenvalue weighted by atomic mass is 16.2. The van der Waals surface area contributed by atoms with Crippen LogP contribution >= 0.6 is 0 Å². The maximum absolute atomic E-state index is 12.5. The van der Waals surface area contributed by atoms with Gasteiger partial charge in [-0.3, -0.25) is 9.78 Å². The number of piperazine rings is 1. The molecule has 3 rings (SSSR count). The predicted octanol–water partition coefficient (Wildman–Crippen LogP) is 1.68. The van der Waals surface area contributed by atoms with E-state index in [0.29, 0.717) is 18.7 Å². The second-order valence-corrected chi connectivity index (χ2v) is 5.94. The number of amides is 1. The van der Waals surface area contributed by atoms with E-state index in [-0.39, 0.29) is 5.91 Å². The van der Waals surface area contributed by atoms with Crippen molar-refractivity contribution in [2.45, 2.75) is 13.8 Å². The van der Waals surface area contributed by atoms with Gasteiger partial charge in [-0.25, -0.2) is 0 Å². The first-order valence-electron chi connectivity index (χ1n) is 8.75. The van der Waals surface area contributed by atoms with E-state index in [1.165, 1.54) is 0 Å². The monoisotopic (exact) mass is 340 g/mol. The van der Waals surface area contributed by atoms with Crippen LogP contribution in [0.15, 0.2) is 36.7 Å². The Bertz CT molecular complexity index is 678. The molecule has 7 heteroatoms. The molecule has 2 aromatic heterocycles. The molecular formula is C18H24N6O. The van der Waals surface area contributed by atoms with Gasteiger partial charge in [-0.05, 0) is 38.1 Å². The molecule has 0 aliphatic carbocycles. The van der Waals surface area contributed by atoms with Gasteiger partial charge in [-0.2, -0.15) is 0 Å². The van der Waals surface area contributed by atoms with Gasteiger partial charge in [0.1, 0.15) is 0 Å². The summed E-state index contributed by atoms with van der Waals surface area (Å²) < 4.78 is 0. The Morgan fingerprint density at radius 3 is 2.40 bits per heavy atom. The molecule has 2 aromatic rings. The van der Waals surface area contributed by atoms with E-state index in [9.17, 15) is 4.79 Å². The predicted molar refractivity (Wildman–Crippen MR) is 97.9 cm³/mol. The molecule has 0 atom stereocenters. The SMILES string of the molecule is CCN(CC)c1ccc(N2CCN(C(=O)c3cccnc3)CC2)nn1. The van der Waals surface area contributed by atoms with Crippen molar-refractivity contribution in [3.05, 3.63) is 42.2 Å². The summed E-state index contributed by atoms with van der Waals surface area (Å²) in [6, 6.07) is 7.62. The summed E-state index contributed by atoms with van der Waals surface area (Å²) in [6.45, 7) is 8.91. The number of anilines is 2. The molecule has 0 N–H and O–H groups in total. The smallest absolute Gasteiger partial charge is 0.255 e. The van der Waals surface area contributed by atoms with Crippen molar-refractivity contribution in [1.82, 2.24) is 20.1 Å². The molecule has 1 aliphatic heterocycles. The zero-order valence-electron chi connectivity index (χ0n) is 14.8. The van der Waals surface area contributed by atoms with Gasteiger partial charge in [0.05, 0.1) is 5.56 Å². The summed E-state index contributed by atoms with van der Waals surface area (Å²) in [4.78, 5) is 22.7. The standard InChI is InChI=1S/C18H24N6O/c1-3-22(4-2)16-7-8-17(21-20-16)23-10-12-24(13-11-23)18(25)15-6-5-9-19-14-15/h5-9,14H,3-4,10-13H2,1-2H3. The number of carbonyl (C=O) groups excluding carboxylic acids is 1. The van der Waals surface area contributed by atoms with Gasteiger partial charge in [-0.15, -0.1) is 10.2 Å². The van der Waals surface area contributed by atoms with Crippen molar-refractivity contribution in [2.24, 2.45) is 0 Å². The molecule has 7 nitrogen and oxygen atoms in total. The second kappa shape index (κ2) is 7.92. The highest BCUT2D eigenvalue weighted by Gasteiger charge is 2.23.